The number of nitrogens with zero attached hydrogens (tertiary/aromatic N) is 3. The predicted octanol–water partition coefficient (Wildman–Crippen LogP) is 1.78. The summed E-state index contributed by atoms with van der Waals surface area (Å²) < 4.78 is 5.48. The number of rotatable bonds is 5. The Labute approximate surface area is 135 Å². The van der Waals surface area contributed by atoms with Crippen LogP contribution >= 0.6 is 0 Å². The van der Waals surface area contributed by atoms with E-state index in [4.69, 9.17) is 15.5 Å². The van der Waals surface area contributed by atoms with Gasteiger partial charge in [0.05, 0.1) is 19.8 Å². The average molecular weight is 310 g/mol. The molecule has 22 heavy (non-hydrogen) atoms. The van der Waals surface area contributed by atoms with Gasteiger partial charge in [-0.3, -0.25) is 9.89 Å². The molecule has 5 heteroatoms. The molecule has 2 fully saturated rings. The molecule has 2 rings (SSSR count). The fourth-order valence-electron chi connectivity index (χ4n) is 3.52. The molecule has 0 aromatic rings. The second-order valence-electron chi connectivity index (χ2n) is 7.32. The van der Waals surface area contributed by atoms with Gasteiger partial charge in [0, 0.05) is 32.2 Å². The molecule has 0 saturated carbocycles. The third kappa shape index (κ3) is 5.43. The molecular weight excluding hydrogens is 276 g/mol. The van der Waals surface area contributed by atoms with Crippen molar-refractivity contribution in [2.24, 2.45) is 22.6 Å². The first-order chi connectivity index (χ1) is 10.6. The summed E-state index contributed by atoms with van der Waals surface area (Å²) in [7, 11) is 0. The molecule has 0 aromatic heterocycles. The van der Waals surface area contributed by atoms with Gasteiger partial charge in [-0.05, 0) is 31.1 Å². The molecule has 0 aromatic carbocycles. The molecular formula is C17H34N4O. The number of nitrogens with two attached hydrogens (primary N) is 1. The Bertz CT molecular complexity index is 353. The van der Waals surface area contributed by atoms with Gasteiger partial charge in [-0.25, -0.2) is 0 Å². The molecule has 2 atom stereocenters. The first-order valence-corrected chi connectivity index (χ1v) is 8.93. The van der Waals surface area contributed by atoms with Crippen molar-refractivity contribution < 1.29 is 4.74 Å². The van der Waals surface area contributed by atoms with Crippen LogP contribution < -0.4 is 5.73 Å². The zero-order chi connectivity index (χ0) is 15.9. The van der Waals surface area contributed by atoms with Gasteiger partial charge < -0.3 is 15.4 Å². The smallest absolute Gasteiger partial charge is 0.191 e. The molecule has 2 N–H and O–H groups in total. The quantitative estimate of drug-likeness (QED) is 0.621. The third-order valence-electron chi connectivity index (χ3n) is 4.75. The summed E-state index contributed by atoms with van der Waals surface area (Å²) in [6.07, 6.45) is 3.72. The second-order valence-corrected chi connectivity index (χ2v) is 7.32. The third-order valence-corrected chi connectivity index (χ3v) is 4.75. The van der Waals surface area contributed by atoms with Crippen LogP contribution in [0.4, 0.5) is 0 Å². The van der Waals surface area contributed by atoms with Crippen LogP contribution in [0.15, 0.2) is 4.99 Å². The number of likely N-dealkylation sites (tertiary alicyclic amines) is 1. The van der Waals surface area contributed by atoms with E-state index in [2.05, 4.69) is 30.6 Å². The molecule has 2 saturated heterocycles. The van der Waals surface area contributed by atoms with Crippen molar-refractivity contribution in [3.63, 3.8) is 0 Å². The molecule has 2 aliphatic heterocycles. The van der Waals surface area contributed by atoms with Gasteiger partial charge in [0.1, 0.15) is 0 Å². The first kappa shape index (κ1) is 17.5. The lowest BCUT2D eigenvalue weighted by Crippen LogP contribution is -2.47. The van der Waals surface area contributed by atoms with E-state index in [1.807, 2.05) is 0 Å². The normalized spacial score (nSPS) is 26.5. The Morgan fingerprint density at radius 3 is 2.64 bits per heavy atom. The van der Waals surface area contributed by atoms with Gasteiger partial charge in [-0.2, -0.15) is 0 Å². The predicted molar refractivity (Wildman–Crippen MR) is 92.1 cm³/mol. The van der Waals surface area contributed by atoms with Crippen LogP contribution in [0.5, 0.6) is 0 Å². The number of hydrogen-bond acceptors (Lipinski definition) is 3. The summed E-state index contributed by atoms with van der Waals surface area (Å²) in [6, 6.07) is 0.490. The minimum absolute atomic E-state index is 0.490. The van der Waals surface area contributed by atoms with Gasteiger partial charge in [0.2, 0.25) is 0 Å². The fraction of sp³-hybridized carbons (Fsp3) is 0.941. The van der Waals surface area contributed by atoms with Crippen molar-refractivity contribution in [2.45, 2.75) is 46.1 Å². The maximum Gasteiger partial charge on any atom is 0.191 e. The van der Waals surface area contributed by atoms with Crippen molar-refractivity contribution >= 4 is 5.96 Å². The van der Waals surface area contributed by atoms with E-state index in [-0.39, 0.29) is 0 Å². The number of piperidine rings is 1. The zero-order valence-corrected chi connectivity index (χ0v) is 14.6. The number of ether oxygens (including phenoxy) is 1. The minimum Gasteiger partial charge on any atom is -0.379 e. The van der Waals surface area contributed by atoms with E-state index in [1.165, 1.54) is 19.3 Å². The fourth-order valence-corrected chi connectivity index (χ4v) is 3.52. The van der Waals surface area contributed by atoms with Crippen LogP contribution in [-0.2, 0) is 4.74 Å². The van der Waals surface area contributed by atoms with Crippen molar-refractivity contribution in [1.82, 2.24) is 9.80 Å². The molecule has 5 nitrogen and oxygen atoms in total. The van der Waals surface area contributed by atoms with Gasteiger partial charge in [-0.1, -0.05) is 20.8 Å². The average Bonchev–Trinajstić information content (AvgIpc) is 2.51. The highest BCUT2D eigenvalue weighted by Crippen LogP contribution is 2.16. The molecule has 2 unspecified atom stereocenters. The lowest BCUT2D eigenvalue weighted by Gasteiger charge is -2.35. The molecule has 2 heterocycles. The highest BCUT2D eigenvalue weighted by molar-refractivity contribution is 5.78. The number of morpholine rings is 1. The molecule has 0 amide bonds. The Hall–Kier alpha value is -0.810. The highest BCUT2D eigenvalue weighted by atomic mass is 16.5. The minimum atomic E-state index is 0.490. The van der Waals surface area contributed by atoms with Gasteiger partial charge >= 0.3 is 0 Å². The van der Waals surface area contributed by atoms with Crippen LogP contribution in [0.2, 0.25) is 0 Å². The van der Waals surface area contributed by atoms with E-state index in [9.17, 15) is 0 Å². The summed E-state index contributed by atoms with van der Waals surface area (Å²) in [5.74, 6) is 2.15. The second kappa shape index (κ2) is 8.73. The van der Waals surface area contributed by atoms with E-state index in [0.29, 0.717) is 12.0 Å². The number of hydrogen-bond donors (Lipinski definition) is 1. The molecule has 0 spiro atoms. The molecule has 0 bridgehead atoms. The van der Waals surface area contributed by atoms with Crippen molar-refractivity contribution in [1.29, 1.82) is 0 Å². The SMILES string of the molecule is CC(C)CC(CN=C(N)N1CCCC(C)C1)N1CCOCC1. The van der Waals surface area contributed by atoms with Gasteiger partial charge in [0.25, 0.3) is 0 Å². The molecule has 128 valence electrons. The maximum atomic E-state index is 6.25. The van der Waals surface area contributed by atoms with E-state index >= 15 is 0 Å². The maximum absolute atomic E-state index is 6.25. The van der Waals surface area contributed by atoms with Crippen LogP contribution in [0.25, 0.3) is 0 Å². The van der Waals surface area contributed by atoms with Crippen LogP contribution in [0.3, 0.4) is 0 Å². The van der Waals surface area contributed by atoms with E-state index in [0.717, 1.165) is 57.8 Å². The van der Waals surface area contributed by atoms with Crippen molar-refractivity contribution in [3.8, 4) is 0 Å². The molecule has 0 aliphatic carbocycles. The van der Waals surface area contributed by atoms with Crippen molar-refractivity contribution in [2.75, 3.05) is 45.9 Å². The van der Waals surface area contributed by atoms with Crippen molar-refractivity contribution in [3.05, 3.63) is 0 Å². The Balaban J connectivity index is 1.91. The highest BCUT2D eigenvalue weighted by Gasteiger charge is 2.23. The lowest BCUT2D eigenvalue weighted by molar-refractivity contribution is 0.0142. The number of aliphatic imine (C=N–C) groups is 1. The van der Waals surface area contributed by atoms with Gasteiger partial charge in [-0.15, -0.1) is 0 Å². The molecule has 0 radical (unpaired) electrons. The number of guanidine groups is 1. The Morgan fingerprint density at radius 2 is 2.00 bits per heavy atom. The standard InChI is InChI=1S/C17H34N4O/c1-14(2)11-16(20-7-9-22-10-8-20)12-19-17(18)21-6-4-5-15(3)13-21/h14-16H,4-13H2,1-3H3,(H2,18,19). The molecule has 2 aliphatic rings. The topological polar surface area (TPSA) is 54.1 Å². The Kier molecular flexibility index (Phi) is 6.96. The summed E-state index contributed by atoms with van der Waals surface area (Å²) in [5.41, 5.74) is 6.25. The lowest BCUT2D eigenvalue weighted by atomic mass is 10.0. The van der Waals surface area contributed by atoms with E-state index in [1.54, 1.807) is 0 Å². The first-order valence-electron chi connectivity index (χ1n) is 8.93. The largest absolute Gasteiger partial charge is 0.379 e. The zero-order valence-electron chi connectivity index (χ0n) is 14.6. The summed E-state index contributed by atoms with van der Waals surface area (Å²) in [4.78, 5) is 9.54. The monoisotopic (exact) mass is 310 g/mol. The summed E-state index contributed by atoms with van der Waals surface area (Å²) in [6.45, 7) is 13.5. The summed E-state index contributed by atoms with van der Waals surface area (Å²) in [5, 5.41) is 0. The Morgan fingerprint density at radius 1 is 1.27 bits per heavy atom. The van der Waals surface area contributed by atoms with Crippen LogP contribution in [0, 0.1) is 11.8 Å². The van der Waals surface area contributed by atoms with Crippen LogP contribution in [0.1, 0.15) is 40.0 Å². The van der Waals surface area contributed by atoms with Crippen LogP contribution in [-0.4, -0.2) is 67.7 Å². The van der Waals surface area contributed by atoms with Gasteiger partial charge in [0.15, 0.2) is 5.96 Å². The summed E-state index contributed by atoms with van der Waals surface area (Å²) >= 11 is 0. The van der Waals surface area contributed by atoms with E-state index < -0.39 is 0 Å².